The molecule has 1 unspecified atom stereocenters. The first-order valence-electron chi connectivity index (χ1n) is 28.0. The van der Waals surface area contributed by atoms with Crippen LogP contribution in [0.5, 0.6) is 0 Å². The van der Waals surface area contributed by atoms with Crippen molar-refractivity contribution in [2.24, 2.45) is 0 Å². The second-order valence-electron chi connectivity index (χ2n) is 20.9. The molecule has 1 aliphatic heterocycles. The van der Waals surface area contributed by atoms with E-state index in [1.807, 2.05) is 13.8 Å². The molecule has 1 aliphatic rings. The third-order valence-corrected chi connectivity index (χ3v) is 13.8. The molecule has 2 heterocycles. The Bertz CT molecular complexity index is 1540. The molecular weight excluding hydrogens is 877 g/mol. The van der Waals surface area contributed by atoms with Crippen molar-refractivity contribution >= 4 is 11.8 Å². The molecule has 0 aliphatic carbocycles. The lowest BCUT2D eigenvalue weighted by Gasteiger charge is -2.28. The zero-order chi connectivity index (χ0) is 50.6. The number of carbonyl (C=O) groups is 2. The van der Waals surface area contributed by atoms with E-state index in [-0.39, 0.29) is 37.3 Å². The summed E-state index contributed by atoms with van der Waals surface area (Å²) in [6.45, 7) is 13.6. The Hall–Kier alpha value is -2.42. The number of hydrogen-bond acceptors (Lipinski definition) is 11. The first-order chi connectivity index (χ1) is 33.2. The number of carbonyl (C=O) groups excluding carboxylic acids is 2. The van der Waals surface area contributed by atoms with Crippen molar-refractivity contribution in [2.45, 2.75) is 290 Å². The summed E-state index contributed by atoms with van der Waals surface area (Å²) in [5, 5.41) is 0. The van der Waals surface area contributed by atoms with Gasteiger partial charge < -0.3 is 33.2 Å². The van der Waals surface area contributed by atoms with Crippen molar-refractivity contribution in [2.75, 3.05) is 33.5 Å². The fraction of sp³-hybridized carbons (Fsp3) is 0.893. The minimum absolute atomic E-state index is 0.0537. The number of nitrogens with one attached hydrogen (secondary N) is 1. The van der Waals surface area contributed by atoms with Crippen LogP contribution in [0, 0.1) is 6.92 Å². The number of ether oxygens (including phenoxy) is 7. The average molecular weight is 979 g/mol. The second-order valence-corrected chi connectivity index (χ2v) is 20.9. The minimum atomic E-state index is -1.08. The maximum atomic E-state index is 13.1. The molecule has 69 heavy (non-hydrogen) atoms. The van der Waals surface area contributed by atoms with E-state index in [1.54, 1.807) is 27.9 Å². The number of methoxy groups -OCH3 is 1. The number of H-pyrrole nitrogens is 1. The maximum Gasteiger partial charge on any atom is 0.330 e. The molecular formula is C56H102N2O11. The summed E-state index contributed by atoms with van der Waals surface area (Å²) < 4.78 is 43.8. The van der Waals surface area contributed by atoms with Crippen LogP contribution in [0.25, 0.3) is 0 Å². The third kappa shape index (κ3) is 29.6. The molecule has 0 bridgehead atoms. The van der Waals surface area contributed by atoms with E-state index in [9.17, 15) is 19.2 Å². The first kappa shape index (κ1) is 62.7. The van der Waals surface area contributed by atoms with E-state index in [2.05, 4.69) is 18.8 Å². The summed E-state index contributed by atoms with van der Waals surface area (Å²) in [6, 6.07) is 0. The normalized spacial score (nSPS) is 16.5. The van der Waals surface area contributed by atoms with E-state index >= 15 is 0 Å². The quantitative estimate of drug-likeness (QED) is 0.0377. The molecule has 2 rings (SSSR count). The van der Waals surface area contributed by atoms with Crippen LogP contribution in [0.2, 0.25) is 0 Å². The van der Waals surface area contributed by atoms with Crippen LogP contribution < -0.4 is 11.2 Å². The van der Waals surface area contributed by atoms with Crippen LogP contribution in [0.15, 0.2) is 15.8 Å². The molecule has 402 valence electrons. The summed E-state index contributed by atoms with van der Waals surface area (Å²) in [7, 11) is 1.64. The van der Waals surface area contributed by atoms with Gasteiger partial charge in [0.1, 0.15) is 24.5 Å². The van der Waals surface area contributed by atoms with Gasteiger partial charge in [-0.15, -0.1) is 0 Å². The van der Waals surface area contributed by atoms with Crippen molar-refractivity contribution in [3.8, 4) is 0 Å². The fourth-order valence-electron chi connectivity index (χ4n) is 8.68. The van der Waals surface area contributed by atoms with Gasteiger partial charge in [-0.05, 0) is 53.9 Å². The van der Waals surface area contributed by atoms with E-state index in [0.29, 0.717) is 31.8 Å². The number of aryl methyl sites for hydroxylation is 1. The van der Waals surface area contributed by atoms with Crippen LogP contribution in [0.1, 0.15) is 259 Å². The highest BCUT2D eigenvalue weighted by molar-refractivity contribution is 5.89. The largest absolute Gasteiger partial charge is 0.463 e. The standard InChI is InChI=1S/C56H102N2O11/c1-9-11-13-15-17-19-21-23-25-27-29-31-33-35-40-64-54(65-41-36-34-32-30-28-26-24-22-20-18-16-14-12-10-2)69-47-43-50(58-44-46(3)52(61)57-53(58)62)68-48(47)45-66-51(60)38-37-49(59)56(6,7)67-42-39-55(4,5)63-8/h44,47-48,50,54H,9-43,45H2,1-8H3,(H,57,61,62)/t47-,48?,50-/m1/s1. The van der Waals surface area contributed by atoms with E-state index in [1.165, 1.54) is 152 Å². The fourth-order valence-corrected chi connectivity index (χ4v) is 8.68. The van der Waals surface area contributed by atoms with Crippen LogP contribution >= 0.6 is 0 Å². The van der Waals surface area contributed by atoms with E-state index in [0.717, 1.165) is 38.5 Å². The van der Waals surface area contributed by atoms with Crippen LogP contribution in [0.4, 0.5) is 0 Å². The molecule has 1 saturated heterocycles. The molecule has 0 spiro atoms. The Morgan fingerprint density at radius 3 is 1.58 bits per heavy atom. The van der Waals surface area contributed by atoms with Gasteiger partial charge in [-0.25, -0.2) is 4.79 Å². The average Bonchev–Trinajstić information content (AvgIpc) is 3.72. The number of nitrogens with zero attached hydrogens (tertiary/aromatic N) is 1. The number of Topliss-reactive ketones (excluding diaryl/α,β-unsaturated/α-hetero) is 1. The Labute approximate surface area is 418 Å². The third-order valence-electron chi connectivity index (χ3n) is 13.8. The summed E-state index contributed by atoms with van der Waals surface area (Å²) in [4.78, 5) is 53.8. The van der Waals surface area contributed by atoms with Gasteiger partial charge in [0.25, 0.3) is 12.0 Å². The molecule has 1 aromatic heterocycles. The predicted octanol–water partition coefficient (Wildman–Crippen LogP) is 13.3. The lowest BCUT2D eigenvalue weighted by atomic mass is 9.99. The second kappa shape index (κ2) is 38.2. The summed E-state index contributed by atoms with van der Waals surface area (Å²) >= 11 is 0. The number of rotatable bonds is 46. The number of esters is 1. The monoisotopic (exact) mass is 979 g/mol. The SMILES string of the molecule is CCCCCCCCCCCCCCCCOC(OCCCCCCCCCCCCCCCC)O[C@@H]1C[C@H](n2cc(C)c(=O)[nH]c2=O)OC1COC(=O)CCC(=O)C(C)(C)OCCC(C)(C)OC. The minimum Gasteiger partial charge on any atom is -0.463 e. The van der Waals surface area contributed by atoms with Gasteiger partial charge in [0.15, 0.2) is 5.78 Å². The van der Waals surface area contributed by atoms with Crippen molar-refractivity contribution in [1.29, 1.82) is 0 Å². The predicted molar refractivity (Wildman–Crippen MR) is 277 cm³/mol. The smallest absolute Gasteiger partial charge is 0.330 e. The van der Waals surface area contributed by atoms with E-state index < -0.39 is 47.7 Å². The lowest BCUT2D eigenvalue weighted by Crippen LogP contribution is -2.37. The van der Waals surface area contributed by atoms with Gasteiger partial charge in [-0.2, -0.15) is 0 Å². The zero-order valence-corrected chi connectivity index (χ0v) is 45.3. The van der Waals surface area contributed by atoms with Gasteiger partial charge in [0.05, 0.1) is 37.9 Å². The summed E-state index contributed by atoms with van der Waals surface area (Å²) in [5.41, 5.74) is -2.19. The molecule has 13 nitrogen and oxygen atoms in total. The van der Waals surface area contributed by atoms with Crippen molar-refractivity contribution in [1.82, 2.24) is 9.55 Å². The van der Waals surface area contributed by atoms with Gasteiger partial charge >= 0.3 is 11.7 Å². The maximum absolute atomic E-state index is 13.1. The van der Waals surface area contributed by atoms with Crippen LogP contribution in [-0.2, 0) is 42.7 Å². The number of unbranched alkanes of at least 4 members (excludes halogenated alkanes) is 26. The molecule has 0 radical (unpaired) electrons. The number of aromatic amines is 1. The van der Waals surface area contributed by atoms with Gasteiger partial charge in [0.2, 0.25) is 0 Å². The molecule has 1 aromatic rings. The molecule has 0 saturated carbocycles. The van der Waals surface area contributed by atoms with Gasteiger partial charge in [-0.1, -0.05) is 181 Å². The van der Waals surface area contributed by atoms with Gasteiger partial charge in [0, 0.05) is 31.7 Å². The lowest BCUT2D eigenvalue weighted by molar-refractivity contribution is -0.309. The Balaban J connectivity index is 1.97. The molecule has 0 aromatic carbocycles. The van der Waals surface area contributed by atoms with Crippen molar-refractivity contribution < 1.29 is 42.7 Å². The summed E-state index contributed by atoms with van der Waals surface area (Å²) in [6.07, 6.45) is 35.3. The molecule has 0 amide bonds. The highest BCUT2D eigenvalue weighted by Crippen LogP contribution is 2.32. The first-order valence-corrected chi connectivity index (χ1v) is 28.0. The molecule has 3 atom stereocenters. The van der Waals surface area contributed by atoms with Crippen LogP contribution in [0.3, 0.4) is 0 Å². The van der Waals surface area contributed by atoms with Gasteiger partial charge in [-0.3, -0.25) is 23.9 Å². The highest BCUT2D eigenvalue weighted by Gasteiger charge is 2.40. The Kier molecular flexibility index (Phi) is 34.7. The van der Waals surface area contributed by atoms with Crippen LogP contribution in [-0.4, -0.2) is 84.7 Å². The summed E-state index contributed by atoms with van der Waals surface area (Å²) in [5.74, 6) is -0.780. The zero-order valence-electron chi connectivity index (χ0n) is 45.3. The van der Waals surface area contributed by atoms with Crippen molar-refractivity contribution in [3.63, 3.8) is 0 Å². The van der Waals surface area contributed by atoms with E-state index in [4.69, 9.17) is 33.2 Å². The molecule has 1 N–H and O–H groups in total. The molecule has 1 fully saturated rings. The molecule has 13 heteroatoms. The number of ketones is 1. The van der Waals surface area contributed by atoms with Crippen molar-refractivity contribution in [3.05, 3.63) is 32.6 Å². The number of aromatic nitrogens is 2. The number of hydrogen-bond donors (Lipinski definition) is 1. The highest BCUT2D eigenvalue weighted by atomic mass is 16.8. The Morgan fingerprint density at radius 1 is 0.681 bits per heavy atom. The topological polar surface area (TPSA) is 154 Å². The Morgan fingerprint density at radius 2 is 1.13 bits per heavy atom.